The fourth-order valence-corrected chi connectivity index (χ4v) is 2.72. The predicted octanol–water partition coefficient (Wildman–Crippen LogP) is 1.70. The second kappa shape index (κ2) is 6.09. The molecule has 1 atom stereocenters. The first-order chi connectivity index (χ1) is 9.52. The van der Waals surface area contributed by atoms with Crippen LogP contribution in [0.15, 0.2) is 12.1 Å². The van der Waals surface area contributed by atoms with E-state index in [1.165, 1.54) is 12.1 Å². The highest BCUT2D eigenvalue weighted by atomic mass is 19.1. The van der Waals surface area contributed by atoms with Crippen molar-refractivity contribution >= 4 is 17.3 Å². The number of benzene rings is 1. The number of nitrogens with zero attached hydrogens (tertiary/aromatic N) is 1. The van der Waals surface area contributed by atoms with Gasteiger partial charge in [0.2, 0.25) is 0 Å². The average molecular weight is 282 g/mol. The summed E-state index contributed by atoms with van der Waals surface area (Å²) in [6.07, 6.45) is 2.70. The number of hydrogen-bond donors (Lipinski definition) is 3. The number of halogens is 1. The molecule has 1 saturated heterocycles. The van der Waals surface area contributed by atoms with E-state index in [2.05, 4.69) is 0 Å². The maximum Gasteiger partial charge on any atom is 0.338 e. The van der Waals surface area contributed by atoms with Crippen LogP contribution in [0, 0.1) is 11.7 Å². The number of carboxylic acids is 1. The molecular formula is C14H19FN2O3. The summed E-state index contributed by atoms with van der Waals surface area (Å²) >= 11 is 0. The lowest BCUT2D eigenvalue weighted by Crippen LogP contribution is -2.36. The lowest BCUT2D eigenvalue weighted by atomic mass is 9.94. The first kappa shape index (κ1) is 14.6. The SMILES string of the molecule is Nc1cc(C(=O)O)c(F)cc1N1CCCC(CCO)C1. The standard InChI is InChI=1S/C14H19FN2O3/c15-11-7-13(12(16)6-10(11)14(19)20)17-4-1-2-9(8-17)3-5-18/h6-7,9,18H,1-5,8,16H2,(H,19,20). The molecule has 5 nitrogen and oxygen atoms in total. The zero-order chi connectivity index (χ0) is 14.7. The summed E-state index contributed by atoms with van der Waals surface area (Å²) in [7, 11) is 0. The Morgan fingerprint density at radius 2 is 2.25 bits per heavy atom. The van der Waals surface area contributed by atoms with Gasteiger partial charge in [-0.2, -0.15) is 0 Å². The van der Waals surface area contributed by atoms with Crippen LogP contribution in [0.4, 0.5) is 15.8 Å². The maximum atomic E-state index is 13.8. The fourth-order valence-electron chi connectivity index (χ4n) is 2.72. The number of nitrogen functional groups attached to an aromatic ring is 1. The van der Waals surface area contributed by atoms with E-state index in [0.717, 1.165) is 19.4 Å². The zero-order valence-corrected chi connectivity index (χ0v) is 11.2. The Bertz CT molecular complexity index is 505. The molecular weight excluding hydrogens is 263 g/mol. The van der Waals surface area contributed by atoms with Crippen molar-refractivity contribution in [3.05, 3.63) is 23.5 Å². The predicted molar refractivity (Wildman–Crippen MR) is 74.4 cm³/mol. The van der Waals surface area contributed by atoms with E-state index in [1.807, 2.05) is 4.90 Å². The monoisotopic (exact) mass is 282 g/mol. The number of carbonyl (C=O) groups is 1. The van der Waals surface area contributed by atoms with Gasteiger partial charge in [-0.3, -0.25) is 0 Å². The van der Waals surface area contributed by atoms with Gasteiger partial charge >= 0.3 is 5.97 Å². The highest BCUT2D eigenvalue weighted by molar-refractivity contribution is 5.91. The minimum atomic E-state index is -1.32. The molecule has 4 N–H and O–H groups in total. The summed E-state index contributed by atoms with van der Waals surface area (Å²) in [6.45, 7) is 1.61. The van der Waals surface area contributed by atoms with Gasteiger partial charge in [0.15, 0.2) is 0 Å². The molecule has 1 aliphatic heterocycles. The van der Waals surface area contributed by atoms with E-state index in [9.17, 15) is 9.18 Å². The van der Waals surface area contributed by atoms with Gasteiger partial charge < -0.3 is 20.8 Å². The number of aliphatic hydroxyl groups excluding tert-OH is 1. The van der Waals surface area contributed by atoms with Crippen molar-refractivity contribution in [1.29, 1.82) is 0 Å². The van der Waals surface area contributed by atoms with Crippen molar-refractivity contribution in [2.45, 2.75) is 19.3 Å². The molecule has 1 heterocycles. The Kier molecular flexibility index (Phi) is 4.44. The van der Waals surface area contributed by atoms with Gasteiger partial charge in [-0.05, 0) is 31.2 Å². The van der Waals surface area contributed by atoms with E-state index >= 15 is 0 Å². The van der Waals surface area contributed by atoms with E-state index in [-0.39, 0.29) is 12.3 Å². The van der Waals surface area contributed by atoms with Gasteiger partial charge in [-0.25, -0.2) is 9.18 Å². The summed E-state index contributed by atoms with van der Waals surface area (Å²) in [6, 6.07) is 2.36. The van der Waals surface area contributed by atoms with Crippen LogP contribution in [0.3, 0.4) is 0 Å². The second-order valence-electron chi connectivity index (χ2n) is 5.16. The van der Waals surface area contributed by atoms with Gasteiger partial charge in [-0.15, -0.1) is 0 Å². The molecule has 0 amide bonds. The van der Waals surface area contributed by atoms with Crippen LogP contribution in [-0.4, -0.2) is 35.9 Å². The summed E-state index contributed by atoms with van der Waals surface area (Å²) in [5, 5.41) is 17.9. The number of hydrogen-bond acceptors (Lipinski definition) is 4. The Balaban J connectivity index is 2.24. The number of carboxylic acid groups (broad SMARTS) is 1. The van der Waals surface area contributed by atoms with Gasteiger partial charge in [0.25, 0.3) is 0 Å². The Morgan fingerprint density at radius 3 is 2.90 bits per heavy atom. The Morgan fingerprint density at radius 1 is 1.50 bits per heavy atom. The van der Waals surface area contributed by atoms with Crippen molar-refractivity contribution < 1.29 is 19.4 Å². The summed E-state index contributed by atoms with van der Waals surface area (Å²) in [5.41, 5.74) is 6.26. The van der Waals surface area contributed by atoms with Crippen LogP contribution in [0.2, 0.25) is 0 Å². The molecule has 0 aliphatic carbocycles. The van der Waals surface area contributed by atoms with Gasteiger partial charge in [0.05, 0.1) is 16.9 Å². The Hall–Kier alpha value is -1.82. The average Bonchev–Trinajstić information content (AvgIpc) is 2.41. The third-order valence-corrected chi connectivity index (χ3v) is 3.74. The largest absolute Gasteiger partial charge is 0.478 e. The highest BCUT2D eigenvalue weighted by Crippen LogP contribution is 2.31. The molecule has 0 saturated carbocycles. The molecule has 110 valence electrons. The molecule has 6 heteroatoms. The van der Waals surface area contributed by atoms with E-state index in [4.69, 9.17) is 15.9 Å². The topological polar surface area (TPSA) is 86.8 Å². The first-order valence-corrected chi connectivity index (χ1v) is 6.71. The number of anilines is 2. The van der Waals surface area contributed by atoms with Gasteiger partial charge in [0, 0.05) is 25.8 Å². The van der Waals surface area contributed by atoms with Gasteiger partial charge in [-0.1, -0.05) is 0 Å². The molecule has 1 aromatic rings. The third kappa shape index (κ3) is 3.01. The molecule has 0 radical (unpaired) electrons. The molecule has 0 spiro atoms. The minimum Gasteiger partial charge on any atom is -0.478 e. The smallest absolute Gasteiger partial charge is 0.338 e. The number of aliphatic hydroxyl groups is 1. The van der Waals surface area contributed by atoms with Crippen LogP contribution in [0.1, 0.15) is 29.6 Å². The van der Waals surface area contributed by atoms with Gasteiger partial charge in [0.1, 0.15) is 5.82 Å². The summed E-state index contributed by atoms with van der Waals surface area (Å²) < 4.78 is 13.8. The molecule has 1 aliphatic rings. The zero-order valence-electron chi connectivity index (χ0n) is 11.2. The van der Waals surface area contributed by atoms with Crippen LogP contribution in [0.5, 0.6) is 0 Å². The molecule has 1 unspecified atom stereocenters. The number of nitrogens with two attached hydrogens (primary N) is 1. The van der Waals surface area contributed by atoms with Crippen molar-refractivity contribution in [2.24, 2.45) is 5.92 Å². The normalized spacial score (nSPS) is 19.1. The highest BCUT2D eigenvalue weighted by Gasteiger charge is 2.23. The molecule has 0 aromatic heterocycles. The summed E-state index contributed by atoms with van der Waals surface area (Å²) in [4.78, 5) is 12.8. The quantitative estimate of drug-likeness (QED) is 0.732. The fraction of sp³-hybridized carbons (Fsp3) is 0.500. The van der Waals surface area contributed by atoms with Crippen LogP contribution >= 0.6 is 0 Å². The molecule has 1 fully saturated rings. The van der Waals surface area contributed by atoms with Crippen molar-refractivity contribution in [2.75, 3.05) is 30.3 Å². The number of piperidine rings is 1. The lowest BCUT2D eigenvalue weighted by molar-refractivity contribution is 0.0692. The number of aromatic carboxylic acids is 1. The first-order valence-electron chi connectivity index (χ1n) is 6.71. The molecule has 1 aromatic carbocycles. The molecule has 20 heavy (non-hydrogen) atoms. The maximum absolute atomic E-state index is 13.8. The molecule has 2 rings (SSSR count). The third-order valence-electron chi connectivity index (χ3n) is 3.74. The Labute approximate surface area is 116 Å². The van der Waals surface area contributed by atoms with E-state index < -0.39 is 17.3 Å². The van der Waals surface area contributed by atoms with E-state index in [1.54, 1.807) is 0 Å². The number of rotatable bonds is 4. The van der Waals surface area contributed by atoms with Crippen LogP contribution in [0.25, 0.3) is 0 Å². The van der Waals surface area contributed by atoms with Crippen molar-refractivity contribution in [1.82, 2.24) is 0 Å². The second-order valence-corrected chi connectivity index (χ2v) is 5.16. The van der Waals surface area contributed by atoms with E-state index in [0.29, 0.717) is 24.6 Å². The van der Waals surface area contributed by atoms with Crippen LogP contribution < -0.4 is 10.6 Å². The molecule has 0 bridgehead atoms. The minimum absolute atomic E-state index is 0.139. The van der Waals surface area contributed by atoms with Crippen molar-refractivity contribution in [3.63, 3.8) is 0 Å². The lowest BCUT2D eigenvalue weighted by Gasteiger charge is -2.35. The summed E-state index contributed by atoms with van der Waals surface area (Å²) in [5.74, 6) is -1.74. The van der Waals surface area contributed by atoms with Crippen LogP contribution in [-0.2, 0) is 0 Å². The van der Waals surface area contributed by atoms with Crippen molar-refractivity contribution in [3.8, 4) is 0 Å².